The van der Waals surface area contributed by atoms with Gasteiger partial charge in [-0.25, -0.2) is 4.79 Å². The summed E-state index contributed by atoms with van der Waals surface area (Å²) in [4.78, 5) is 11.5. The normalized spacial score (nSPS) is 14.0. The SMILES string of the molecule is COc1cc(COc2cccc(C3=C(C(=O)O)CNCC3)c2)cc(OC)c1. The van der Waals surface area contributed by atoms with E-state index >= 15 is 0 Å². The molecule has 0 bridgehead atoms. The van der Waals surface area contributed by atoms with E-state index in [-0.39, 0.29) is 0 Å². The average Bonchev–Trinajstić information content (AvgIpc) is 2.72. The van der Waals surface area contributed by atoms with Gasteiger partial charge in [0.1, 0.15) is 23.9 Å². The Balaban J connectivity index is 1.80. The molecule has 0 radical (unpaired) electrons. The molecule has 1 heterocycles. The van der Waals surface area contributed by atoms with Crippen LogP contribution in [0.5, 0.6) is 17.2 Å². The van der Waals surface area contributed by atoms with Crippen LogP contribution in [0.3, 0.4) is 0 Å². The summed E-state index contributed by atoms with van der Waals surface area (Å²) in [5.74, 6) is 1.21. The van der Waals surface area contributed by atoms with Gasteiger partial charge in [-0.1, -0.05) is 12.1 Å². The van der Waals surface area contributed by atoms with Crippen LogP contribution in [0.1, 0.15) is 17.5 Å². The van der Waals surface area contributed by atoms with Crippen molar-refractivity contribution in [1.82, 2.24) is 5.32 Å². The molecule has 2 aromatic rings. The average molecular weight is 369 g/mol. The van der Waals surface area contributed by atoms with Crippen LogP contribution < -0.4 is 19.5 Å². The van der Waals surface area contributed by atoms with Gasteiger partial charge in [0.05, 0.1) is 19.8 Å². The summed E-state index contributed by atoms with van der Waals surface area (Å²) in [6.07, 6.45) is 0.679. The van der Waals surface area contributed by atoms with E-state index in [9.17, 15) is 9.90 Å². The summed E-state index contributed by atoms with van der Waals surface area (Å²) in [5, 5.41) is 12.5. The number of carboxylic acid groups (broad SMARTS) is 1. The van der Waals surface area contributed by atoms with E-state index in [4.69, 9.17) is 14.2 Å². The van der Waals surface area contributed by atoms with Gasteiger partial charge < -0.3 is 24.6 Å². The van der Waals surface area contributed by atoms with E-state index in [0.29, 0.717) is 42.4 Å². The van der Waals surface area contributed by atoms with Crippen LogP contribution in [-0.4, -0.2) is 38.4 Å². The Labute approximate surface area is 158 Å². The number of ether oxygens (including phenoxy) is 3. The van der Waals surface area contributed by atoms with Crippen molar-refractivity contribution in [3.05, 3.63) is 59.2 Å². The number of aliphatic carboxylic acids is 1. The number of nitrogens with one attached hydrogen (secondary N) is 1. The van der Waals surface area contributed by atoms with Gasteiger partial charge in [0, 0.05) is 12.6 Å². The molecule has 1 aliphatic rings. The van der Waals surface area contributed by atoms with Gasteiger partial charge in [0.15, 0.2) is 0 Å². The molecule has 0 atom stereocenters. The molecule has 2 N–H and O–H groups in total. The van der Waals surface area contributed by atoms with Gasteiger partial charge in [-0.05, 0) is 53.9 Å². The molecule has 0 unspecified atom stereocenters. The zero-order valence-corrected chi connectivity index (χ0v) is 15.5. The van der Waals surface area contributed by atoms with Gasteiger partial charge in [-0.2, -0.15) is 0 Å². The van der Waals surface area contributed by atoms with Crippen molar-refractivity contribution < 1.29 is 24.1 Å². The molecular weight excluding hydrogens is 346 g/mol. The molecule has 1 aliphatic heterocycles. The van der Waals surface area contributed by atoms with Crippen molar-refractivity contribution in [2.75, 3.05) is 27.3 Å². The highest BCUT2D eigenvalue weighted by molar-refractivity contribution is 5.97. The first-order valence-corrected chi connectivity index (χ1v) is 8.72. The number of carboxylic acids is 1. The van der Waals surface area contributed by atoms with Crippen molar-refractivity contribution in [2.45, 2.75) is 13.0 Å². The van der Waals surface area contributed by atoms with Crippen LogP contribution >= 0.6 is 0 Å². The second-order valence-electron chi connectivity index (χ2n) is 6.23. The lowest BCUT2D eigenvalue weighted by Gasteiger charge is -2.19. The zero-order valence-electron chi connectivity index (χ0n) is 15.5. The van der Waals surface area contributed by atoms with E-state index in [1.54, 1.807) is 20.3 Å². The predicted molar refractivity (Wildman–Crippen MR) is 102 cm³/mol. The summed E-state index contributed by atoms with van der Waals surface area (Å²) < 4.78 is 16.5. The largest absolute Gasteiger partial charge is 0.497 e. The second-order valence-corrected chi connectivity index (χ2v) is 6.23. The van der Waals surface area contributed by atoms with Crippen LogP contribution in [0.15, 0.2) is 48.0 Å². The standard InChI is InChI=1S/C21H23NO5/c1-25-17-8-14(9-18(11-17)26-2)13-27-16-5-3-4-15(10-16)19-6-7-22-12-20(19)21(23)24/h3-5,8-11,22H,6-7,12-13H2,1-2H3,(H,23,24). The Kier molecular flexibility index (Phi) is 5.98. The fourth-order valence-electron chi connectivity index (χ4n) is 3.10. The predicted octanol–water partition coefficient (Wildman–Crippen LogP) is 3.11. The lowest BCUT2D eigenvalue weighted by molar-refractivity contribution is -0.132. The molecule has 0 spiro atoms. The lowest BCUT2D eigenvalue weighted by Crippen LogP contribution is -2.28. The summed E-state index contributed by atoms with van der Waals surface area (Å²) in [7, 11) is 3.21. The third kappa shape index (κ3) is 4.60. The molecule has 0 aliphatic carbocycles. The number of rotatable bonds is 7. The molecule has 0 amide bonds. The van der Waals surface area contributed by atoms with E-state index in [0.717, 1.165) is 23.2 Å². The van der Waals surface area contributed by atoms with Crippen LogP contribution in [0, 0.1) is 0 Å². The number of hydrogen-bond donors (Lipinski definition) is 2. The second kappa shape index (κ2) is 8.60. The first-order valence-electron chi connectivity index (χ1n) is 8.72. The van der Waals surface area contributed by atoms with Gasteiger partial charge >= 0.3 is 5.97 Å². The Morgan fingerprint density at radius 2 is 1.81 bits per heavy atom. The van der Waals surface area contributed by atoms with Crippen molar-refractivity contribution in [3.63, 3.8) is 0 Å². The number of carbonyl (C=O) groups is 1. The molecule has 0 fully saturated rings. The van der Waals surface area contributed by atoms with Crippen molar-refractivity contribution in [2.24, 2.45) is 0 Å². The first kappa shape index (κ1) is 18.8. The third-order valence-electron chi connectivity index (χ3n) is 4.48. The first-order chi connectivity index (χ1) is 13.1. The van der Waals surface area contributed by atoms with E-state index in [2.05, 4.69) is 5.32 Å². The molecular formula is C21H23NO5. The highest BCUT2D eigenvalue weighted by Gasteiger charge is 2.19. The van der Waals surface area contributed by atoms with E-state index in [1.165, 1.54) is 0 Å². The number of hydrogen-bond acceptors (Lipinski definition) is 5. The van der Waals surface area contributed by atoms with Gasteiger partial charge in [-0.15, -0.1) is 0 Å². The molecule has 2 aromatic carbocycles. The molecule has 6 heteroatoms. The van der Waals surface area contributed by atoms with Crippen molar-refractivity contribution in [3.8, 4) is 17.2 Å². The van der Waals surface area contributed by atoms with Gasteiger partial charge in [0.25, 0.3) is 0 Å². The van der Waals surface area contributed by atoms with Crippen LogP contribution in [0.25, 0.3) is 5.57 Å². The fraction of sp³-hybridized carbons (Fsp3) is 0.286. The summed E-state index contributed by atoms with van der Waals surface area (Å²) in [6, 6.07) is 13.1. The minimum Gasteiger partial charge on any atom is -0.497 e. The number of methoxy groups -OCH3 is 2. The highest BCUT2D eigenvalue weighted by Crippen LogP contribution is 2.28. The fourth-order valence-corrected chi connectivity index (χ4v) is 3.10. The smallest absolute Gasteiger partial charge is 0.333 e. The summed E-state index contributed by atoms with van der Waals surface area (Å²) in [5.41, 5.74) is 3.07. The Morgan fingerprint density at radius 3 is 2.48 bits per heavy atom. The van der Waals surface area contributed by atoms with E-state index < -0.39 is 5.97 Å². The minimum absolute atomic E-state index is 0.351. The molecule has 0 aromatic heterocycles. The molecule has 27 heavy (non-hydrogen) atoms. The Morgan fingerprint density at radius 1 is 1.07 bits per heavy atom. The molecule has 0 saturated carbocycles. The summed E-state index contributed by atoms with van der Waals surface area (Å²) in [6.45, 7) is 1.49. The molecule has 3 rings (SSSR count). The van der Waals surface area contributed by atoms with Crippen molar-refractivity contribution in [1.29, 1.82) is 0 Å². The van der Waals surface area contributed by atoms with Crippen LogP contribution in [-0.2, 0) is 11.4 Å². The van der Waals surface area contributed by atoms with Crippen LogP contribution in [0.2, 0.25) is 0 Å². The van der Waals surface area contributed by atoms with E-state index in [1.807, 2.05) is 36.4 Å². The van der Waals surface area contributed by atoms with Crippen molar-refractivity contribution >= 4 is 11.5 Å². The maximum absolute atomic E-state index is 11.5. The highest BCUT2D eigenvalue weighted by atomic mass is 16.5. The van der Waals surface area contributed by atoms with Gasteiger partial charge in [-0.3, -0.25) is 0 Å². The molecule has 142 valence electrons. The topological polar surface area (TPSA) is 77.0 Å². The minimum atomic E-state index is -0.882. The molecule has 0 saturated heterocycles. The quantitative estimate of drug-likeness (QED) is 0.781. The maximum atomic E-state index is 11.5. The zero-order chi connectivity index (χ0) is 19.2. The number of benzene rings is 2. The Bertz CT molecular complexity index is 837. The lowest BCUT2D eigenvalue weighted by atomic mass is 9.94. The Hall–Kier alpha value is -2.99. The van der Waals surface area contributed by atoms with Gasteiger partial charge in [0.2, 0.25) is 0 Å². The maximum Gasteiger partial charge on any atom is 0.333 e. The summed E-state index contributed by atoms with van der Waals surface area (Å²) >= 11 is 0. The van der Waals surface area contributed by atoms with Crippen LogP contribution in [0.4, 0.5) is 0 Å². The monoisotopic (exact) mass is 369 g/mol. The molecule has 6 nitrogen and oxygen atoms in total. The third-order valence-corrected chi connectivity index (χ3v) is 4.48.